The predicted molar refractivity (Wildman–Crippen MR) is 83.1 cm³/mol. The van der Waals surface area contributed by atoms with Crippen molar-refractivity contribution in [2.45, 2.75) is 45.6 Å². The van der Waals surface area contributed by atoms with Crippen molar-refractivity contribution < 1.29 is 9.53 Å². The monoisotopic (exact) mass is 288 g/mol. The lowest BCUT2D eigenvalue weighted by Gasteiger charge is -2.47. The van der Waals surface area contributed by atoms with Gasteiger partial charge in [-0.2, -0.15) is 0 Å². The number of ether oxygens (including phenoxy) is 1. The molecule has 0 saturated carbocycles. The van der Waals surface area contributed by atoms with E-state index in [2.05, 4.69) is 32.0 Å². The average Bonchev–Trinajstić information content (AvgIpc) is 2.77. The van der Waals surface area contributed by atoms with Crippen LogP contribution in [0, 0.1) is 5.41 Å². The van der Waals surface area contributed by atoms with Gasteiger partial charge in [0.2, 0.25) is 0 Å². The van der Waals surface area contributed by atoms with E-state index >= 15 is 0 Å². The second kappa shape index (κ2) is 4.32. The van der Waals surface area contributed by atoms with Crippen LogP contribution >= 0.6 is 11.3 Å². The van der Waals surface area contributed by atoms with Gasteiger partial charge in [0, 0.05) is 15.0 Å². The van der Waals surface area contributed by atoms with Crippen molar-refractivity contribution in [2.24, 2.45) is 5.41 Å². The molecule has 1 aromatic heterocycles. The minimum absolute atomic E-state index is 0.0260. The predicted octanol–water partition coefficient (Wildman–Crippen LogP) is 4.74. The summed E-state index contributed by atoms with van der Waals surface area (Å²) in [5, 5.41) is 1.21. The molecule has 0 N–H and O–H groups in total. The molecule has 3 rings (SSSR count). The number of benzene rings is 1. The molecular formula is C17H20O2S. The molecule has 0 spiro atoms. The lowest BCUT2D eigenvalue weighted by molar-refractivity contribution is -0.184. The Hall–Kier alpha value is -1.35. The zero-order valence-corrected chi connectivity index (χ0v) is 13.2. The molecule has 106 valence electrons. The lowest BCUT2D eigenvalue weighted by atomic mass is 9.69. The number of hydrogen-bond acceptors (Lipinski definition) is 3. The first-order valence-corrected chi connectivity index (χ1v) is 7.83. The third kappa shape index (κ3) is 2.05. The summed E-state index contributed by atoms with van der Waals surface area (Å²) in [6, 6.07) is 10.4. The van der Waals surface area contributed by atoms with Crippen molar-refractivity contribution in [1.29, 1.82) is 0 Å². The van der Waals surface area contributed by atoms with Crippen LogP contribution in [-0.4, -0.2) is 11.6 Å². The Balaban J connectivity index is 1.99. The molecule has 1 atom stereocenters. The van der Waals surface area contributed by atoms with Gasteiger partial charge < -0.3 is 4.74 Å². The Morgan fingerprint density at radius 1 is 1.20 bits per heavy atom. The number of esters is 1. The highest BCUT2D eigenvalue weighted by molar-refractivity contribution is 7.19. The van der Waals surface area contributed by atoms with Crippen LogP contribution < -0.4 is 0 Å². The van der Waals surface area contributed by atoms with Gasteiger partial charge in [-0.3, -0.25) is 4.79 Å². The SMILES string of the molecule is CC1(C)CC(c2cc3ccccc3s2)C(=O)OC1(C)C. The zero-order valence-electron chi connectivity index (χ0n) is 12.4. The number of rotatable bonds is 1. The molecule has 1 aromatic carbocycles. The molecular weight excluding hydrogens is 268 g/mol. The third-order valence-corrected chi connectivity index (χ3v) is 6.00. The van der Waals surface area contributed by atoms with Crippen molar-refractivity contribution in [2.75, 3.05) is 0 Å². The molecule has 1 aliphatic heterocycles. The van der Waals surface area contributed by atoms with Gasteiger partial charge in [0.05, 0.1) is 5.92 Å². The number of hydrogen-bond donors (Lipinski definition) is 0. The highest BCUT2D eigenvalue weighted by Crippen LogP contribution is 2.48. The average molecular weight is 288 g/mol. The number of carbonyl (C=O) groups excluding carboxylic acids is 1. The Morgan fingerprint density at radius 2 is 1.90 bits per heavy atom. The minimum atomic E-state index is -0.405. The second-order valence-electron chi connectivity index (χ2n) is 6.76. The molecule has 2 heterocycles. The van der Waals surface area contributed by atoms with E-state index in [4.69, 9.17) is 4.74 Å². The zero-order chi connectivity index (χ0) is 14.5. The maximum Gasteiger partial charge on any atom is 0.314 e. The van der Waals surface area contributed by atoms with Crippen LogP contribution in [0.25, 0.3) is 10.1 Å². The standard InChI is InChI=1S/C17H20O2S/c1-16(2)10-12(15(18)19-17(16,3)4)14-9-11-7-5-6-8-13(11)20-14/h5-9,12H,10H2,1-4H3. The van der Waals surface area contributed by atoms with Crippen LogP contribution in [0.5, 0.6) is 0 Å². The largest absolute Gasteiger partial charge is 0.459 e. The first-order chi connectivity index (χ1) is 9.30. The Morgan fingerprint density at radius 3 is 2.60 bits per heavy atom. The van der Waals surface area contributed by atoms with Gasteiger partial charge in [0.15, 0.2) is 0 Å². The van der Waals surface area contributed by atoms with Crippen LogP contribution in [-0.2, 0) is 9.53 Å². The molecule has 0 bridgehead atoms. The third-order valence-electron chi connectivity index (χ3n) is 4.77. The van der Waals surface area contributed by atoms with Crippen LogP contribution in [0.2, 0.25) is 0 Å². The topological polar surface area (TPSA) is 26.3 Å². The fourth-order valence-corrected chi connectivity index (χ4v) is 3.84. The van der Waals surface area contributed by atoms with Crippen molar-refractivity contribution in [3.05, 3.63) is 35.2 Å². The summed E-state index contributed by atoms with van der Waals surface area (Å²) in [5.41, 5.74) is -0.432. The second-order valence-corrected chi connectivity index (χ2v) is 7.87. The van der Waals surface area contributed by atoms with Gasteiger partial charge in [-0.15, -0.1) is 11.3 Å². The lowest BCUT2D eigenvalue weighted by Crippen LogP contribution is -2.49. The summed E-state index contributed by atoms with van der Waals surface area (Å²) in [5.74, 6) is -0.212. The van der Waals surface area contributed by atoms with E-state index in [1.165, 1.54) is 10.1 Å². The van der Waals surface area contributed by atoms with Gasteiger partial charge in [0.25, 0.3) is 0 Å². The quantitative estimate of drug-likeness (QED) is 0.709. The van der Waals surface area contributed by atoms with Crippen molar-refractivity contribution >= 4 is 27.4 Å². The first-order valence-electron chi connectivity index (χ1n) is 7.01. The van der Waals surface area contributed by atoms with Crippen LogP contribution in [0.1, 0.15) is 44.9 Å². The number of thiophene rings is 1. The van der Waals surface area contributed by atoms with Gasteiger partial charge in [-0.25, -0.2) is 0 Å². The van der Waals surface area contributed by atoms with E-state index < -0.39 is 5.60 Å². The Bertz CT molecular complexity index is 633. The molecule has 20 heavy (non-hydrogen) atoms. The fourth-order valence-electron chi connectivity index (χ4n) is 2.69. The smallest absolute Gasteiger partial charge is 0.314 e. The molecule has 0 amide bonds. The van der Waals surface area contributed by atoms with Gasteiger partial charge in [-0.1, -0.05) is 32.0 Å². The molecule has 1 unspecified atom stereocenters. The van der Waals surface area contributed by atoms with Crippen LogP contribution in [0.3, 0.4) is 0 Å². The molecule has 0 aliphatic carbocycles. The van der Waals surface area contributed by atoms with Crippen molar-refractivity contribution in [1.82, 2.24) is 0 Å². The number of fused-ring (bicyclic) bond motifs is 1. The van der Waals surface area contributed by atoms with E-state index in [9.17, 15) is 4.79 Å². The molecule has 1 aliphatic rings. The van der Waals surface area contributed by atoms with E-state index in [0.717, 1.165) is 11.3 Å². The Kier molecular flexibility index (Phi) is 2.94. The molecule has 1 saturated heterocycles. The maximum absolute atomic E-state index is 12.4. The first kappa shape index (κ1) is 13.6. The summed E-state index contributed by atoms with van der Waals surface area (Å²) >= 11 is 1.71. The van der Waals surface area contributed by atoms with E-state index in [0.29, 0.717) is 0 Å². The minimum Gasteiger partial charge on any atom is -0.459 e. The molecule has 2 aromatic rings. The van der Waals surface area contributed by atoms with Gasteiger partial charge in [-0.05, 0) is 37.8 Å². The van der Waals surface area contributed by atoms with Gasteiger partial charge in [0.1, 0.15) is 5.60 Å². The summed E-state index contributed by atoms with van der Waals surface area (Å²) < 4.78 is 6.95. The van der Waals surface area contributed by atoms with Crippen LogP contribution in [0.15, 0.2) is 30.3 Å². The number of carbonyl (C=O) groups is 1. The Labute approximate surface area is 123 Å². The fraction of sp³-hybridized carbons (Fsp3) is 0.471. The van der Waals surface area contributed by atoms with Crippen LogP contribution in [0.4, 0.5) is 0 Å². The van der Waals surface area contributed by atoms with E-state index in [1.807, 2.05) is 26.0 Å². The molecule has 0 radical (unpaired) electrons. The summed E-state index contributed by atoms with van der Waals surface area (Å²) in [7, 11) is 0. The van der Waals surface area contributed by atoms with E-state index in [1.54, 1.807) is 11.3 Å². The highest BCUT2D eigenvalue weighted by atomic mass is 32.1. The normalized spacial score (nSPS) is 24.6. The summed E-state index contributed by atoms with van der Waals surface area (Å²) in [6.45, 7) is 8.37. The molecule has 1 fully saturated rings. The summed E-state index contributed by atoms with van der Waals surface area (Å²) in [4.78, 5) is 13.5. The van der Waals surface area contributed by atoms with E-state index in [-0.39, 0.29) is 17.3 Å². The van der Waals surface area contributed by atoms with Crippen molar-refractivity contribution in [3.8, 4) is 0 Å². The highest BCUT2D eigenvalue weighted by Gasteiger charge is 2.49. The molecule has 3 heteroatoms. The molecule has 2 nitrogen and oxygen atoms in total. The summed E-state index contributed by atoms with van der Waals surface area (Å²) in [6.07, 6.45) is 0.839. The van der Waals surface area contributed by atoms with Gasteiger partial charge >= 0.3 is 5.97 Å². The van der Waals surface area contributed by atoms with Crippen molar-refractivity contribution in [3.63, 3.8) is 0 Å². The maximum atomic E-state index is 12.4. The number of cyclic esters (lactones) is 1.